The second-order valence-corrected chi connectivity index (χ2v) is 8.98. The first-order valence-electron chi connectivity index (χ1n) is 11.9. The number of carbonyl (C=O) groups is 1. The number of esters is 1. The molecule has 0 saturated carbocycles. The van der Waals surface area contributed by atoms with Gasteiger partial charge in [-0.2, -0.15) is 0 Å². The Morgan fingerprint density at radius 2 is 1.63 bits per heavy atom. The van der Waals surface area contributed by atoms with E-state index < -0.39 is 23.5 Å². The number of aromatic amines is 1. The van der Waals surface area contributed by atoms with Gasteiger partial charge < -0.3 is 14.9 Å². The summed E-state index contributed by atoms with van der Waals surface area (Å²) < 4.78 is 34.8. The molecule has 194 valence electrons. The Bertz CT molecular complexity index is 1590. The number of hydrogen-bond donors (Lipinski definition) is 2. The number of methoxy groups -OCH3 is 1. The lowest BCUT2D eigenvalue weighted by Crippen LogP contribution is -2.16. The Morgan fingerprint density at radius 3 is 2.24 bits per heavy atom. The lowest BCUT2D eigenvalue weighted by atomic mass is 9.82. The van der Waals surface area contributed by atoms with Crippen molar-refractivity contribution in [1.82, 2.24) is 4.98 Å². The minimum atomic E-state index is -0.796. The lowest BCUT2D eigenvalue weighted by molar-refractivity contribution is 0.0595. The molecule has 1 heterocycles. The number of hydrogen-bond acceptors (Lipinski definition) is 5. The van der Waals surface area contributed by atoms with E-state index in [1.807, 2.05) is 31.2 Å². The first-order valence-corrected chi connectivity index (χ1v) is 11.9. The van der Waals surface area contributed by atoms with Crippen LogP contribution in [-0.2, 0) is 4.74 Å². The van der Waals surface area contributed by atoms with Crippen molar-refractivity contribution in [1.29, 1.82) is 0 Å². The van der Waals surface area contributed by atoms with Gasteiger partial charge in [-0.3, -0.25) is 4.79 Å². The zero-order valence-electron chi connectivity index (χ0n) is 21.1. The average Bonchev–Trinajstić information content (AvgIpc) is 2.91. The van der Waals surface area contributed by atoms with E-state index in [1.54, 1.807) is 25.1 Å². The molecule has 8 heteroatoms. The lowest BCUT2D eigenvalue weighted by Gasteiger charge is -2.22. The first-order chi connectivity index (χ1) is 18.2. The van der Waals surface area contributed by atoms with E-state index >= 15 is 4.39 Å². The number of aromatic nitrogens is 1. The molecule has 0 spiro atoms. The Morgan fingerprint density at radius 1 is 0.947 bits per heavy atom. The van der Waals surface area contributed by atoms with Crippen molar-refractivity contribution in [3.63, 3.8) is 0 Å². The molecule has 0 aliphatic rings. The van der Waals surface area contributed by atoms with Gasteiger partial charge in [0.25, 0.3) is 5.56 Å². The van der Waals surface area contributed by atoms with E-state index in [0.29, 0.717) is 27.8 Å². The number of halogens is 2. The SMILES string of the molecule is COC(=O)c1ccc(-c2ccc(C(C/C(=N\O)c3c[nH]c(=O)c(C)c3)c3ccccc3C)c(F)c2)cc1F. The van der Waals surface area contributed by atoms with Crippen LogP contribution >= 0.6 is 0 Å². The zero-order valence-corrected chi connectivity index (χ0v) is 21.1. The van der Waals surface area contributed by atoms with E-state index in [0.717, 1.165) is 17.2 Å². The topological polar surface area (TPSA) is 91.8 Å². The molecular weight excluding hydrogens is 490 g/mol. The summed E-state index contributed by atoms with van der Waals surface area (Å²) in [5.74, 6) is -2.61. The van der Waals surface area contributed by atoms with Gasteiger partial charge >= 0.3 is 5.97 Å². The fourth-order valence-corrected chi connectivity index (χ4v) is 4.50. The van der Waals surface area contributed by atoms with Crippen LogP contribution < -0.4 is 5.56 Å². The highest BCUT2D eigenvalue weighted by Crippen LogP contribution is 2.35. The van der Waals surface area contributed by atoms with Gasteiger partial charge in [0, 0.05) is 29.7 Å². The van der Waals surface area contributed by atoms with Crippen molar-refractivity contribution in [3.05, 3.63) is 128 Å². The van der Waals surface area contributed by atoms with Crippen molar-refractivity contribution in [2.75, 3.05) is 7.11 Å². The van der Waals surface area contributed by atoms with Gasteiger partial charge in [-0.25, -0.2) is 13.6 Å². The molecule has 0 fully saturated rings. The predicted octanol–water partition coefficient (Wildman–Crippen LogP) is 6.12. The number of H-pyrrole nitrogens is 1. The molecule has 3 aromatic carbocycles. The molecule has 1 aromatic heterocycles. The highest BCUT2D eigenvalue weighted by Gasteiger charge is 2.24. The summed E-state index contributed by atoms with van der Waals surface area (Å²) in [4.78, 5) is 26.1. The minimum Gasteiger partial charge on any atom is -0.465 e. The molecule has 6 nitrogen and oxygen atoms in total. The van der Waals surface area contributed by atoms with E-state index in [-0.39, 0.29) is 23.3 Å². The Kier molecular flexibility index (Phi) is 7.81. The monoisotopic (exact) mass is 516 g/mol. The Labute approximate surface area is 218 Å². The van der Waals surface area contributed by atoms with Gasteiger partial charge in [-0.05, 0) is 65.9 Å². The average molecular weight is 517 g/mol. The summed E-state index contributed by atoms with van der Waals surface area (Å²) >= 11 is 0. The van der Waals surface area contributed by atoms with Crippen LogP contribution in [0, 0.1) is 25.5 Å². The number of benzene rings is 3. The molecule has 2 N–H and O–H groups in total. The number of aryl methyl sites for hydroxylation is 2. The number of nitrogens with one attached hydrogen (secondary N) is 1. The van der Waals surface area contributed by atoms with E-state index in [1.165, 1.54) is 31.5 Å². The fourth-order valence-electron chi connectivity index (χ4n) is 4.50. The maximum absolute atomic E-state index is 15.7. The number of oxime groups is 1. The normalized spacial score (nSPS) is 12.3. The van der Waals surface area contributed by atoms with Crippen LogP contribution in [0.4, 0.5) is 8.78 Å². The van der Waals surface area contributed by atoms with Crippen molar-refractivity contribution in [2.45, 2.75) is 26.2 Å². The standard InChI is InChI=1S/C30H26F2N2O4/c1-17-6-4-5-7-22(17)25(15-28(34-37)21-12-18(2)29(35)33-16-21)23-10-8-19(13-26(23)31)20-9-11-24(27(32)14-20)30(36)38-3/h4-14,16,25,37H,15H2,1-3H3,(H,33,35)/b34-28+. The van der Waals surface area contributed by atoms with Crippen LogP contribution in [0.15, 0.2) is 82.9 Å². The van der Waals surface area contributed by atoms with Crippen LogP contribution in [0.25, 0.3) is 11.1 Å². The first kappa shape index (κ1) is 26.5. The summed E-state index contributed by atoms with van der Waals surface area (Å²) in [6, 6.07) is 17.8. The largest absolute Gasteiger partial charge is 0.465 e. The number of pyridine rings is 1. The van der Waals surface area contributed by atoms with Crippen LogP contribution in [0.5, 0.6) is 0 Å². The maximum Gasteiger partial charge on any atom is 0.340 e. The molecule has 0 saturated heterocycles. The van der Waals surface area contributed by atoms with Crippen molar-refractivity contribution in [3.8, 4) is 11.1 Å². The summed E-state index contributed by atoms with van der Waals surface area (Å²) in [7, 11) is 1.17. The Hall–Kier alpha value is -4.59. The molecule has 4 aromatic rings. The van der Waals surface area contributed by atoms with E-state index in [2.05, 4.69) is 14.9 Å². The number of carbonyl (C=O) groups excluding carboxylic acids is 1. The minimum absolute atomic E-state index is 0.144. The van der Waals surface area contributed by atoms with Crippen LogP contribution in [0.1, 0.15) is 50.5 Å². The molecule has 0 aliphatic heterocycles. The van der Waals surface area contributed by atoms with Crippen molar-refractivity contribution in [2.24, 2.45) is 5.16 Å². The van der Waals surface area contributed by atoms with E-state index in [4.69, 9.17) is 0 Å². The zero-order chi connectivity index (χ0) is 27.4. The van der Waals surface area contributed by atoms with Gasteiger partial charge in [0.05, 0.1) is 18.4 Å². The third kappa shape index (κ3) is 5.39. The fraction of sp³-hybridized carbons (Fsp3) is 0.167. The maximum atomic E-state index is 15.7. The summed E-state index contributed by atoms with van der Waals surface area (Å²) in [6.07, 6.45) is 1.61. The van der Waals surface area contributed by atoms with Crippen LogP contribution in [-0.4, -0.2) is 29.0 Å². The van der Waals surface area contributed by atoms with Crippen LogP contribution in [0.3, 0.4) is 0 Å². The number of ether oxygens (including phenoxy) is 1. The van der Waals surface area contributed by atoms with Gasteiger partial charge in [0.2, 0.25) is 0 Å². The smallest absolute Gasteiger partial charge is 0.340 e. The second kappa shape index (κ2) is 11.2. The highest BCUT2D eigenvalue weighted by atomic mass is 19.1. The molecule has 38 heavy (non-hydrogen) atoms. The number of rotatable bonds is 7. The van der Waals surface area contributed by atoms with Gasteiger partial charge in [0.1, 0.15) is 11.6 Å². The summed E-state index contributed by atoms with van der Waals surface area (Å²) in [5, 5.41) is 13.3. The molecule has 0 bridgehead atoms. The third-order valence-electron chi connectivity index (χ3n) is 6.59. The summed E-state index contributed by atoms with van der Waals surface area (Å²) in [6.45, 7) is 3.56. The molecule has 1 atom stereocenters. The Balaban J connectivity index is 1.76. The molecule has 0 radical (unpaired) electrons. The van der Waals surface area contributed by atoms with Crippen molar-refractivity contribution >= 4 is 11.7 Å². The molecule has 4 rings (SSSR count). The van der Waals surface area contributed by atoms with Gasteiger partial charge in [-0.1, -0.05) is 47.6 Å². The van der Waals surface area contributed by atoms with E-state index in [9.17, 15) is 19.2 Å². The second-order valence-electron chi connectivity index (χ2n) is 8.98. The highest BCUT2D eigenvalue weighted by molar-refractivity contribution is 6.00. The van der Waals surface area contributed by atoms with Crippen LogP contribution in [0.2, 0.25) is 0 Å². The predicted molar refractivity (Wildman–Crippen MR) is 141 cm³/mol. The van der Waals surface area contributed by atoms with Gasteiger partial charge in [0.15, 0.2) is 0 Å². The molecule has 0 aliphatic carbocycles. The molecular formula is C30H26F2N2O4. The molecule has 1 unspecified atom stereocenters. The molecule has 0 amide bonds. The quantitative estimate of drug-likeness (QED) is 0.134. The van der Waals surface area contributed by atoms with Crippen molar-refractivity contribution < 1.29 is 23.5 Å². The number of nitrogens with zero attached hydrogens (tertiary/aromatic N) is 1. The van der Waals surface area contributed by atoms with Gasteiger partial charge in [-0.15, -0.1) is 0 Å². The third-order valence-corrected chi connectivity index (χ3v) is 6.59. The summed E-state index contributed by atoms with van der Waals surface area (Å²) in [5.41, 5.74) is 3.75.